The number of carbonyl (C=O) groups is 2. The average molecular weight is 377 g/mol. The van der Waals surface area contributed by atoms with Gasteiger partial charge in [-0.15, -0.1) is 0 Å². The number of methoxy groups -OCH3 is 1. The van der Waals surface area contributed by atoms with Crippen molar-refractivity contribution in [1.29, 1.82) is 0 Å². The van der Waals surface area contributed by atoms with Crippen molar-refractivity contribution >= 4 is 29.1 Å². The molecule has 0 aromatic heterocycles. The summed E-state index contributed by atoms with van der Waals surface area (Å²) in [6.07, 6.45) is 0.754. The van der Waals surface area contributed by atoms with E-state index in [2.05, 4.69) is 10.6 Å². The molecule has 7 heteroatoms. The SMILES string of the molecule is COCCCNC(=O)c1ccc(NC(=O)COc2ccc(Cl)cc2)cc1. The Balaban J connectivity index is 1.77. The molecule has 0 aliphatic carbocycles. The predicted molar refractivity (Wildman–Crippen MR) is 101 cm³/mol. The van der Waals surface area contributed by atoms with Gasteiger partial charge in [-0.05, 0) is 55.0 Å². The topological polar surface area (TPSA) is 76.7 Å². The van der Waals surface area contributed by atoms with Crippen molar-refractivity contribution < 1.29 is 19.1 Å². The number of halogens is 1. The van der Waals surface area contributed by atoms with Crippen molar-refractivity contribution in [2.45, 2.75) is 6.42 Å². The fraction of sp³-hybridized carbons (Fsp3) is 0.263. The Bertz CT molecular complexity index is 717. The second kappa shape index (κ2) is 10.4. The summed E-state index contributed by atoms with van der Waals surface area (Å²) in [5, 5.41) is 6.11. The molecule has 0 aliphatic heterocycles. The fourth-order valence-corrected chi connectivity index (χ4v) is 2.23. The van der Waals surface area contributed by atoms with Crippen molar-refractivity contribution in [2.75, 3.05) is 32.2 Å². The van der Waals surface area contributed by atoms with Gasteiger partial charge in [-0.3, -0.25) is 9.59 Å². The zero-order valence-electron chi connectivity index (χ0n) is 14.5. The van der Waals surface area contributed by atoms with Gasteiger partial charge in [0, 0.05) is 36.5 Å². The van der Waals surface area contributed by atoms with E-state index < -0.39 is 0 Å². The number of nitrogens with one attached hydrogen (secondary N) is 2. The van der Waals surface area contributed by atoms with Crippen LogP contribution in [0.1, 0.15) is 16.8 Å². The van der Waals surface area contributed by atoms with Gasteiger partial charge < -0.3 is 20.1 Å². The Morgan fingerprint density at radius 3 is 2.38 bits per heavy atom. The molecule has 0 saturated carbocycles. The zero-order chi connectivity index (χ0) is 18.8. The molecular formula is C19H21ClN2O4. The third-order valence-corrected chi connectivity index (χ3v) is 3.68. The number of anilines is 1. The average Bonchev–Trinajstić information content (AvgIpc) is 2.65. The molecule has 26 heavy (non-hydrogen) atoms. The maximum absolute atomic E-state index is 12.0. The molecule has 2 aromatic carbocycles. The molecule has 0 fully saturated rings. The first-order chi connectivity index (χ1) is 12.6. The van der Waals surface area contributed by atoms with Crippen LogP contribution in [0.25, 0.3) is 0 Å². The predicted octanol–water partition coefficient (Wildman–Crippen LogP) is 3.12. The van der Waals surface area contributed by atoms with Gasteiger partial charge in [-0.1, -0.05) is 11.6 Å². The van der Waals surface area contributed by atoms with Crippen LogP contribution in [0.3, 0.4) is 0 Å². The Kier molecular flexibility index (Phi) is 7.92. The number of ether oxygens (including phenoxy) is 2. The number of rotatable bonds is 9. The van der Waals surface area contributed by atoms with E-state index in [0.29, 0.717) is 35.2 Å². The van der Waals surface area contributed by atoms with Gasteiger partial charge in [0.15, 0.2) is 6.61 Å². The summed E-state index contributed by atoms with van der Waals surface area (Å²) in [4.78, 5) is 23.9. The number of hydrogen-bond donors (Lipinski definition) is 2. The van der Waals surface area contributed by atoms with Crippen LogP contribution in [0.15, 0.2) is 48.5 Å². The summed E-state index contributed by atoms with van der Waals surface area (Å²) in [7, 11) is 1.62. The van der Waals surface area contributed by atoms with Crippen molar-refractivity contribution in [3.8, 4) is 5.75 Å². The van der Waals surface area contributed by atoms with E-state index in [0.717, 1.165) is 6.42 Å². The lowest BCUT2D eigenvalue weighted by Crippen LogP contribution is -2.25. The lowest BCUT2D eigenvalue weighted by Gasteiger charge is -2.09. The number of benzene rings is 2. The third kappa shape index (κ3) is 6.74. The quantitative estimate of drug-likeness (QED) is 0.659. The molecule has 6 nitrogen and oxygen atoms in total. The van der Waals surface area contributed by atoms with Crippen LogP contribution in [0.4, 0.5) is 5.69 Å². The largest absolute Gasteiger partial charge is 0.484 e. The number of amides is 2. The van der Waals surface area contributed by atoms with E-state index in [1.54, 1.807) is 55.6 Å². The van der Waals surface area contributed by atoms with Crippen LogP contribution >= 0.6 is 11.6 Å². The van der Waals surface area contributed by atoms with Crippen LogP contribution in [0, 0.1) is 0 Å². The van der Waals surface area contributed by atoms with Gasteiger partial charge in [0.1, 0.15) is 5.75 Å². The van der Waals surface area contributed by atoms with E-state index in [9.17, 15) is 9.59 Å². The monoisotopic (exact) mass is 376 g/mol. The molecule has 138 valence electrons. The van der Waals surface area contributed by atoms with E-state index in [1.165, 1.54) is 0 Å². The van der Waals surface area contributed by atoms with Crippen molar-refractivity contribution in [2.24, 2.45) is 0 Å². The lowest BCUT2D eigenvalue weighted by molar-refractivity contribution is -0.118. The summed E-state index contributed by atoms with van der Waals surface area (Å²) >= 11 is 5.79. The second-order valence-corrected chi connectivity index (χ2v) is 5.91. The Morgan fingerprint density at radius 1 is 1.04 bits per heavy atom. The Hall–Kier alpha value is -2.57. The zero-order valence-corrected chi connectivity index (χ0v) is 15.2. The summed E-state index contributed by atoms with van der Waals surface area (Å²) in [5.41, 5.74) is 1.11. The van der Waals surface area contributed by atoms with Crippen LogP contribution in [-0.4, -0.2) is 38.7 Å². The van der Waals surface area contributed by atoms with Crippen molar-refractivity contribution in [1.82, 2.24) is 5.32 Å². The molecule has 0 saturated heterocycles. The minimum atomic E-state index is -0.295. The minimum Gasteiger partial charge on any atom is -0.484 e. The van der Waals surface area contributed by atoms with E-state index in [4.69, 9.17) is 21.1 Å². The molecule has 2 amide bonds. The molecule has 2 aromatic rings. The fourth-order valence-electron chi connectivity index (χ4n) is 2.10. The third-order valence-electron chi connectivity index (χ3n) is 3.43. The highest BCUT2D eigenvalue weighted by Gasteiger charge is 2.07. The molecule has 0 aliphatic rings. The maximum atomic E-state index is 12.0. The first-order valence-electron chi connectivity index (χ1n) is 8.14. The summed E-state index contributed by atoms with van der Waals surface area (Å²) < 4.78 is 10.3. The van der Waals surface area contributed by atoms with Gasteiger partial charge >= 0.3 is 0 Å². The molecule has 0 spiro atoms. The smallest absolute Gasteiger partial charge is 0.262 e. The number of carbonyl (C=O) groups excluding carboxylic acids is 2. The first-order valence-corrected chi connectivity index (χ1v) is 8.51. The van der Waals surface area contributed by atoms with E-state index >= 15 is 0 Å². The van der Waals surface area contributed by atoms with Crippen LogP contribution in [0.2, 0.25) is 5.02 Å². The molecule has 0 atom stereocenters. The second-order valence-electron chi connectivity index (χ2n) is 5.47. The standard InChI is InChI=1S/C19H21ClN2O4/c1-25-12-2-11-21-19(24)14-3-7-16(8-4-14)22-18(23)13-26-17-9-5-15(20)6-10-17/h3-10H,2,11-13H2,1H3,(H,21,24)(H,22,23). The lowest BCUT2D eigenvalue weighted by atomic mass is 10.2. The maximum Gasteiger partial charge on any atom is 0.262 e. The van der Waals surface area contributed by atoms with Gasteiger partial charge in [0.25, 0.3) is 11.8 Å². The van der Waals surface area contributed by atoms with Crippen molar-refractivity contribution in [3.63, 3.8) is 0 Å². The van der Waals surface area contributed by atoms with Crippen molar-refractivity contribution in [3.05, 3.63) is 59.1 Å². The molecule has 2 N–H and O–H groups in total. The van der Waals surface area contributed by atoms with E-state index in [1.807, 2.05) is 0 Å². The molecule has 2 rings (SSSR count). The summed E-state index contributed by atoms with van der Waals surface area (Å²) in [5.74, 6) is 0.104. The van der Waals surface area contributed by atoms with Gasteiger partial charge in [0.05, 0.1) is 0 Å². The first kappa shape index (κ1) is 19.8. The molecule has 0 bridgehead atoms. The van der Waals surface area contributed by atoms with Gasteiger partial charge in [-0.25, -0.2) is 0 Å². The highest BCUT2D eigenvalue weighted by Crippen LogP contribution is 2.15. The number of hydrogen-bond acceptors (Lipinski definition) is 4. The molecule has 0 heterocycles. The molecular weight excluding hydrogens is 356 g/mol. The van der Waals surface area contributed by atoms with Gasteiger partial charge in [0.2, 0.25) is 0 Å². The normalized spacial score (nSPS) is 10.2. The van der Waals surface area contributed by atoms with E-state index in [-0.39, 0.29) is 18.4 Å². The summed E-state index contributed by atoms with van der Waals surface area (Å²) in [6, 6.07) is 13.4. The summed E-state index contributed by atoms with van der Waals surface area (Å²) in [6.45, 7) is 1.03. The highest BCUT2D eigenvalue weighted by atomic mass is 35.5. The molecule has 0 radical (unpaired) electrons. The van der Waals surface area contributed by atoms with Crippen LogP contribution in [-0.2, 0) is 9.53 Å². The molecule has 0 unspecified atom stereocenters. The highest BCUT2D eigenvalue weighted by molar-refractivity contribution is 6.30. The van der Waals surface area contributed by atoms with Crippen LogP contribution in [0.5, 0.6) is 5.75 Å². The minimum absolute atomic E-state index is 0.122. The van der Waals surface area contributed by atoms with Gasteiger partial charge in [-0.2, -0.15) is 0 Å². The van der Waals surface area contributed by atoms with Crippen LogP contribution < -0.4 is 15.4 Å². The Labute approximate surface area is 157 Å². The Morgan fingerprint density at radius 2 is 1.73 bits per heavy atom.